The van der Waals surface area contributed by atoms with Crippen molar-refractivity contribution in [2.75, 3.05) is 0 Å². The molecule has 0 saturated heterocycles. The van der Waals surface area contributed by atoms with Crippen LogP contribution < -0.4 is 0 Å². The van der Waals surface area contributed by atoms with Gasteiger partial charge >= 0.3 is 0 Å². The number of carbonyl (C=O) groups is 1. The molecule has 1 aliphatic rings. The Morgan fingerprint density at radius 2 is 2.50 bits per heavy atom. The molecule has 1 aromatic rings. The highest BCUT2D eigenvalue weighted by Crippen LogP contribution is 2.38. The monoisotopic (exact) mass is 192 g/mol. The van der Waals surface area contributed by atoms with Crippen molar-refractivity contribution >= 4 is 6.29 Å². The molecular weight excluding hydrogens is 176 g/mol. The van der Waals surface area contributed by atoms with Crippen LogP contribution in [-0.4, -0.2) is 16.3 Å². The van der Waals surface area contributed by atoms with Crippen LogP contribution in [0.3, 0.4) is 0 Å². The molecule has 1 saturated carbocycles. The Hall–Kier alpha value is -1.12. The van der Waals surface area contributed by atoms with Crippen LogP contribution in [0.4, 0.5) is 0 Å². The van der Waals surface area contributed by atoms with E-state index in [1.165, 1.54) is 25.7 Å². The number of imidazole rings is 1. The van der Waals surface area contributed by atoms with Crippen molar-refractivity contribution in [3.05, 3.63) is 17.7 Å². The molecule has 1 fully saturated rings. The smallest absolute Gasteiger partial charge is 0.167 e. The maximum absolute atomic E-state index is 10.5. The highest BCUT2D eigenvalue weighted by atomic mass is 16.1. The number of nitrogens with zero attached hydrogens (tertiary/aromatic N) is 1. The minimum absolute atomic E-state index is 0.550. The van der Waals surface area contributed by atoms with Gasteiger partial charge in [0.2, 0.25) is 0 Å². The van der Waals surface area contributed by atoms with Gasteiger partial charge in [-0.25, -0.2) is 4.98 Å². The number of H-pyrrole nitrogens is 1. The molecule has 0 aliphatic heterocycles. The van der Waals surface area contributed by atoms with Gasteiger partial charge in [-0.3, -0.25) is 4.79 Å². The first-order valence-electron chi connectivity index (χ1n) is 5.33. The number of aromatic nitrogens is 2. The van der Waals surface area contributed by atoms with Gasteiger partial charge in [-0.05, 0) is 25.2 Å². The van der Waals surface area contributed by atoms with Crippen molar-refractivity contribution in [1.82, 2.24) is 9.97 Å². The number of nitrogens with one attached hydrogen (secondary N) is 1. The highest BCUT2D eigenvalue weighted by molar-refractivity contribution is 5.71. The lowest BCUT2D eigenvalue weighted by Gasteiger charge is -2.06. The third-order valence-corrected chi connectivity index (χ3v) is 3.25. The molecule has 14 heavy (non-hydrogen) atoms. The fourth-order valence-corrected chi connectivity index (χ4v) is 2.31. The van der Waals surface area contributed by atoms with Crippen molar-refractivity contribution in [3.8, 4) is 0 Å². The molecular formula is C11H16N2O. The largest absolute Gasteiger partial charge is 0.340 e. The second-order valence-corrected chi connectivity index (χ2v) is 4.13. The Kier molecular flexibility index (Phi) is 2.66. The van der Waals surface area contributed by atoms with E-state index in [1.54, 1.807) is 6.20 Å². The quantitative estimate of drug-likeness (QED) is 0.748. The van der Waals surface area contributed by atoms with Gasteiger partial charge < -0.3 is 4.98 Å². The number of rotatable bonds is 3. The van der Waals surface area contributed by atoms with Crippen LogP contribution in [0.15, 0.2) is 6.20 Å². The summed E-state index contributed by atoms with van der Waals surface area (Å²) in [4.78, 5) is 17.8. The maximum atomic E-state index is 10.5. The summed E-state index contributed by atoms with van der Waals surface area (Å²) >= 11 is 0. The van der Waals surface area contributed by atoms with E-state index in [0.717, 1.165) is 18.0 Å². The lowest BCUT2D eigenvalue weighted by atomic mass is 10.0. The van der Waals surface area contributed by atoms with E-state index < -0.39 is 0 Å². The summed E-state index contributed by atoms with van der Waals surface area (Å²) in [5.74, 6) is 2.40. The van der Waals surface area contributed by atoms with E-state index in [2.05, 4.69) is 16.9 Å². The fourth-order valence-electron chi connectivity index (χ4n) is 2.31. The molecule has 3 nitrogen and oxygen atoms in total. The average Bonchev–Trinajstić information content (AvgIpc) is 2.86. The Morgan fingerprint density at radius 1 is 1.64 bits per heavy atom. The van der Waals surface area contributed by atoms with Crippen LogP contribution >= 0.6 is 0 Å². The lowest BCUT2D eigenvalue weighted by molar-refractivity contribution is 0.111. The first-order chi connectivity index (χ1) is 6.83. The van der Waals surface area contributed by atoms with E-state index in [0.29, 0.717) is 11.6 Å². The molecule has 2 unspecified atom stereocenters. The molecule has 1 aromatic heterocycles. The lowest BCUT2D eigenvalue weighted by Crippen LogP contribution is -1.97. The summed E-state index contributed by atoms with van der Waals surface area (Å²) in [7, 11) is 0. The number of aldehydes is 1. The molecule has 1 N–H and O–H groups in total. The molecule has 2 atom stereocenters. The minimum atomic E-state index is 0.550. The molecule has 0 spiro atoms. The molecule has 0 radical (unpaired) electrons. The first kappa shape index (κ1) is 9.44. The van der Waals surface area contributed by atoms with Crippen molar-refractivity contribution in [1.29, 1.82) is 0 Å². The SMILES string of the molecule is CCC1CCC(c2ncc(C=O)[nH]2)C1. The van der Waals surface area contributed by atoms with Gasteiger partial charge in [0.15, 0.2) is 6.29 Å². The van der Waals surface area contributed by atoms with Crippen molar-refractivity contribution in [3.63, 3.8) is 0 Å². The van der Waals surface area contributed by atoms with Gasteiger partial charge in [-0.1, -0.05) is 13.3 Å². The predicted molar refractivity (Wildman–Crippen MR) is 54.3 cm³/mol. The van der Waals surface area contributed by atoms with Gasteiger partial charge in [0.05, 0.1) is 11.9 Å². The van der Waals surface area contributed by atoms with Crippen LogP contribution in [-0.2, 0) is 0 Å². The minimum Gasteiger partial charge on any atom is -0.340 e. The zero-order valence-corrected chi connectivity index (χ0v) is 8.49. The molecule has 0 aromatic carbocycles. The highest BCUT2D eigenvalue weighted by Gasteiger charge is 2.26. The summed E-state index contributed by atoms with van der Waals surface area (Å²) in [5.41, 5.74) is 0.597. The Bertz CT molecular complexity index is 319. The van der Waals surface area contributed by atoms with Gasteiger partial charge in [-0.15, -0.1) is 0 Å². The van der Waals surface area contributed by atoms with Crippen LogP contribution in [0.1, 0.15) is 54.8 Å². The number of carbonyl (C=O) groups excluding carboxylic acids is 1. The van der Waals surface area contributed by atoms with Gasteiger partial charge in [0, 0.05) is 5.92 Å². The maximum Gasteiger partial charge on any atom is 0.167 e. The number of hydrogen-bond acceptors (Lipinski definition) is 2. The second kappa shape index (κ2) is 3.95. The van der Waals surface area contributed by atoms with Crippen LogP contribution in [0.25, 0.3) is 0 Å². The van der Waals surface area contributed by atoms with E-state index in [4.69, 9.17) is 0 Å². The fraction of sp³-hybridized carbons (Fsp3) is 0.636. The van der Waals surface area contributed by atoms with E-state index in [1.807, 2.05) is 0 Å². The molecule has 0 amide bonds. The zero-order valence-electron chi connectivity index (χ0n) is 8.49. The van der Waals surface area contributed by atoms with Crippen molar-refractivity contribution in [2.45, 2.75) is 38.5 Å². The topological polar surface area (TPSA) is 45.8 Å². The molecule has 76 valence electrons. The third-order valence-electron chi connectivity index (χ3n) is 3.25. The van der Waals surface area contributed by atoms with Crippen LogP contribution in [0.5, 0.6) is 0 Å². The predicted octanol–water partition coefficient (Wildman–Crippen LogP) is 2.52. The third kappa shape index (κ3) is 1.72. The van der Waals surface area contributed by atoms with E-state index in [-0.39, 0.29) is 0 Å². The Balaban J connectivity index is 2.05. The summed E-state index contributed by atoms with van der Waals surface area (Å²) in [5, 5.41) is 0. The molecule has 2 rings (SSSR count). The van der Waals surface area contributed by atoms with Crippen LogP contribution in [0.2, 0.25) is 0 Å². The molecule has 1 heterocycles. The molecule has 0 bridgehead atoms. The second-order valence-electron chi connectivity index (χ2n) is 4.13. The molecule has 1 aliphatic carbocycles. The van der Waals surface area contributed by atoms with E-state index in [9.17, 15) is 4.79 Å². The number of aromatic amines is 1. The Labute approximate surface area is 83.9 Å². The first-order valence-corrected chi connectivity index (χ1v) is 5.33. The van der Waals surface area contributed by atoms with Gasteiger partial charge in [0.1, 0.15) is 5.82 Å². The average molecular weight is 192 g/mol. The van der Waals surface area contributed by atoms with E-state index >= 15 is 0 Å². The number of hydrogen-bond donors (Lipinski definition) is 1. The van der Waals surface area contributed by atoms with Crippen LogP contribution in [0, 0.1) is 5.92 Å². The van der Waals surface area contributed by atoms with Gasteiger partial charge in [0.25, 0.3) is 0 Å². The van der Waals surface area contributed by atoms with Gasteiger partial charge in [-0.2, -0.15) is 0 Å². The summed E-state index contributed by atoms with van der Waals surface area (Å²) in [6, 6.07) is 0. The summed E-state index contributed by atoms with van der Waals surface area (Å²) < 4.78 is 0. The normalized spacial score (nSPS) is 26.6. The molecule has 3 heteroatoms. The standard InChI is InChI=1S/C11H16N2O/c1-2-8-3-4-9(5-8)11-12-6-10(7-14)13-11/h6-9H,2-5H2,1H3,(H,12,13). The van der Waals surface area contributed by atoms with Crippen molar-refractivity contribution < 1.29 is 4.79 Å². The summed E-state index contributed by atoms with van der Waals surface area (Å²) in [6.45, 7) is 2.24. The van der Waals surface area contributed by atoms with Crippen molar-refractivity contribution in [2.24, 2.45) is 5.92 Å². The summed E-state index contributed by atoms with van der Waals surface area (Å²) in [6.07, 6.45) is 7.45. The zero-order chi connectivity index (χ0) is 9.97. The Morgan fingerprint density at radius 3 is 3.07 bits per heavy atom.